The van der Waals surface area contributed by atoms with Gasteiger partial charge >= 0.3 is 0 Å². The molecule has 0 aliphatic carbocycles. The van der Waals surface area contributed by atoms with E-state index in [1.165, 1.54) is 16.6 Å². The third-order valence-corrected chi connectivity index (χ3v) is 3.63. The van der Waals surface area contributed by atoms with Crippen LogP contribution in [0.1, 0.15) is 0 Å². The maximum atomic E-state index is 12.4. The van der Waals surface area contributed by atoms with Crippen molar-refractivity contribution in [1.29, 1.82) is 0 Å². The largest absolute Gasteiger partial charge is 0.279 e. The topological polar surface area (TPSA) is 69.0 Å². The minimum Gasteiger partial charge on any atom is -0.267 e. The van der Waals surface area contributed by atoms with Crippen LogP contribution in [0.5, 0.6) is 0 Å². The summed E-state index contributed by atoms with van der Waals surface area (Å²) in [5.41, 5.74) is 0.302. The lowest BCUT2D eigenvalue weighted by Gasteiger charge is -2.02. The van der Waals surface area contributed by atoms with Gasteiger partial charge in [0.1, 0.15) is 0 Å². The number of rotatable bonds is 1. The molecule has 0 atom stereocenters. The molecule has 0 radical (unpaired) electrons. The summed E-state index contributed by atoms with van der Waals surface area (Å²) in [5, 5.41) is 13.1. The van der Waals surface area contributed by atoms with Crippen LogP contribution in [-0.2, 0) is 0 Å². The van der Waals surface area contributed by atoms with Gasteiger partial charge in [-0.15, -0.1) is 0 Å². The van der Waals surface area contributed by atoms with E-state index >= 15 is 0 Å². The number of nitro benzene ring substituents is 1. The molecule has 0 fully saturated rings. The number of nitrogens with zero attached hydrogens (tertiary/aromatic N) is 3. The molecule has 6 heteroatoms. The molecule has 0 saturated heterocycles. The molecule has 0 N–H and O–H groups in total. The fourth-order valence-corrected chi connectivity index (χ4v) is 2.61. The summed E-state index contributed by atoms with van der Waals surface area (Å²) < 4.78 is 3.18. The first-order chi connectivity index (χ1) is 10.1. The molecular weight excluding hydrogens is 270 g/mol. The lowest BCUT2D eigenvalue weighted by Crippen LogP contribution is -2.10. The normalized spacial score (nSPS) is 11.4. The molecule has 0 aliphatic rings. The van der Waals surface area contributed by atoms with Gasteiger partial charge in [0.15, 0.2) is 0 Å². The predicted octanol–water partition coefficient (Wildman–Crippen LogP) is 2.61. The van der Waals surface area contributed by atoms with E-state index in [0.717, 1.165) is 10.8 Å². The van der Waals surface area contributed by atoms with Crippen LogP contribution >= 0.6 is 0 Å². The Labute approximate surface area is 117 Å². The van der Waals surface area contributed by atoms with E-state index in [2.05, 4.69) is 0 Å². The summed E-state index contributed by atoms with van der Waals surface area (Å²) in [6.07, 6.45) is 3.59. The van der Waals surface area contributed by atoms with E-state index in [1.807, 2.05) is 30.5 Å². The van der Waals surface area contributed by atoms with Crippen LogP contribution in [0.15, 0.2) is 59.7 Å². The van der Waals surface area contributed by atoms with Gasteiger partial charge in [-0.25, -0.2) is 4.52 Å². The average molecular weight is 279 g/mol. The van der Waals surface area contributed by atoms with Gasteiger partial charge in [-0.3, -0.25) is 19.4 Å². The van der Waals surface area contributed by atoms with Crippen molar-refractivity contribution in [3.8, 4) is 0 Å². The van der Waals surface area contributed by atoms with E-state index in [0.29, 0.717) is 10.9 Å². The standard InChI is InChI=1S/C15H9N3O3/c19-15-13-7-12(18(20)21)5-6-14(13)16-8-10-3-1-2-4-11(10)9-17(15)16/h1-9H. The molecule has 0 amide bonds. The van der Waals surface area contributed by atoms with Gasteiger partial charge in [-0.1, -0.05) is 24.3 Å². The molecule has 0 unspecified atom stereocenters. The van der Waals surface area contributed by atoms with Gasteiger partial charge in [0, 0.05) is 35.3 Å². The van der Waals surface area contributed by atoms with E-state index in [9.17, 15) is 14.9 Å². The van der Waals surface area contributed by atoms with Crippen molar-refractivity contribution in [2.24, 2.45) is 0 Å². The van der Waals surface area contributed by atoms with Gasteiger partial charge in [-0.2, -0.15) is 0 Å². The Morgan fingerprint density at radius 3 is 2.29 bits per heavy atom. The zero-order chi connectivity index (χ0) is 14.6. The number of non-ortho nitro benzene ring substituents is 1. The molecule has 4 rings (SSSR count). The monoisotopic (exact) mass is 279 g/mol. The van der Waals surface area contributed by atoms with Gasteiger partial charge in [-0.05, 0) is 6.07 Å². The Morgan fingerprint density at radius 2 is 1.62 bits per heavy atom. The van der Waals surface area contributed by atoms with Crippen LogP contribution in [0, 0.1) is 10.1 Å². The Balaban J connectivity index is 2.22. The van der Waals surface area contributed by atoms with Crippen LogP contribution in [-0.4, -0.2) is 14.0 Å². The van der Waals surface area contributed by atoms with Crippen molar-refractivity contribution in [1.82, 2.24) is 9.03 Å². The van der Waals surface area contributed by atoms with Crippen molar-refractivity contribution in [2.45, 2.75) is 0 Å². The zero-order valence-corrected chi connectivity index (χ0v) is 10.8. The van der Waals surface area contributed by atoms with Crippen LogP contribution < -0.4 is 5.56 Å². The fourth-order valence-electron chi connectivity index (χ4n) is 2.61. The van der Waals surface area contributed by atoms with Crippen LogP contribution in [0.4, 0.5) is 5.69 Å². The van der Waals surface area contributed by atoms with Crippen molar-refractivity contribution < 1.29 is 4.92 Å². The molecule has 4 aromatic rings. The van der Waals surface area contributed by atoms with E-state index < -0.39 is 4.92 Å². The predicted molar refractivity (Wildman–Crippen MR) is 78.8 cm³/mol. The highest BCUT2D eigenvalue weighted by Crippen LogP contribution is 2.20. The highest BCUT2D eigenvalue weighted by molar-refractivity contribution is 5.85. The van der Waals surface area contributed by atoms with Gasteiger partial charge in [0.25, 0.3) is 11.2 Å². The fraction of sp³-hybridized carbons (Fsp3) is 0. The molecule has 0 spiro atoms. The number of hydrogen-bond acceptors (Lipinski definition) is 3. The first kappa shape index (κ1) is 11.7. The molecule has 0 saturated carbocycles. The van der Waals surface area contributed by atoms with Crippen molar-refractivity contribution in [3.63, 3.8) is 0 Å². The van der Waals surface area contributed by atoms with Crippen molar-refractivity contribution >= 4 is 27.4 Å². The highest BCUT2D eigenvalue weighted by Gasteiger charge is 2.13. The van der Waals surface area contributed by atoms with Gasteiger partial charge < -0.3 is 0 Å². The minimum absolute atomic E-state index is 0.0827. The molecule has 102 valence electrons. The van der Waals surface area contributed by atoms with Crippen molar-refractivity contribution in [2.75, 3.05) is 0 Å². The number of benzene rings is 2. The SMILES string of the molecule is O=c1c2cc([N+](=O)[O-])ccc2n2cc3ccccc3cn12. The summed E-state index contributed by atoms with van der Waals surface area (Å²) in [4.78, 5) is 22.8. The maximum Gasteiger partial charge on any atom is 0.279 e. The molecule has 0 bridgehead atoms. The number of nitro groups is 1. The summed E-state index contributed by atoms with van der Waals surface area (Å²) in [5.74, 6) is 0. The number of aromatic nitrogens is 2. The van der Waals surface area contributed by atoms with Gasteiger partial charge in [0.2, 0.25) is 0 Å². The molecule has 21 heavy (non-hydrogen) atoms. The summed E-state index contributed by atoms with van der Waals surface area (Å²) in [7, 11) is 0. The molecule has 6 nitrogen and oxygen atoms in total. The highest BCUT2D eigenvalue weighted by atomic mass is 16.6. The molecule has 2 aromatic heterocycles. The average Bonchev–Trinajstić information content (AvgIpc) is 2.77. The smallest absolute Gasteiger partial charge is 0.267 e. The number of fused-ring (bicyclic) bond motifs is 4. The summed E-state index contributed by atoms with van der Waals surface area (Å²) >= 11 is 0. The second-order valence-electron chi connectivity index (χ2n) is 4.84. The van der Waals surface area contributed by atoms with Crippen LogP contribution in [0.3, 0.4) is 0 Å². The van der Waals surface area contributed by atoms with E-state index in [1.54, 1.807) is 16.8 Å². The Kier molecular flexibility index (Phi) is 2.18. The number of hydrogen-bond donors (Lipinski definition) is 0. The van der Waals surface area contributed by atoms with Crippen molar-refractivity contribution in [3.05, 3.63) is 75.3 Å². The first-order valence-electron chi connectivity index (χ1n) is 6.35. The van der Waals surface area contributed by atoms with Crippen LogP contribution in [0.2, 0.25) is 0 Å². The molecule has 2 heterocycles. The third-order valence-electron chi connectivity index (χ3n) is 3.63. The van der Waals surface area contributed by atoms with Crippen LogP contribution in [0.25, 0.3) is 21.7 Å². The lowest BCUT2D eigenvalue weighted by molar-refractivity contribution is -0.384. The Bertz CT molecular complexity index is 1090. The first-order valence-corrected chi connectivity index (χ1v) is 6.35. The molecule has 0 aliphatic heterocycles. The maximum absolute atomic E-state index is 12.4. The minimum atomic E-state index is -0.498. The lowest BCUT2D eigenvalue weighted by atomic mass is 10.2. The quantitative estimate of drug-likeness (QED) is 0.397. The Hall–Kier alpha value is -3.15. The molecule has 2 aromatic carbocycles. The second kappa shape index (κ2) is 3.92. The summed E-state index contributed by atoms with van der Waals surface area (Å²) in [6, 6.07) is 12.0. The Morgan fingerprint density at radius 1 is 0.952 bits per heavy atom. The second-order valence-corrected chi connectivity index (χ2v) is 4.84. The van der Waals surface area contributed by atoms with Gasteiger partial charge in [0.05, 0.1) is 15.8 Å². The third kappa shape index (κ3) is 1.56. The summed E-state index contributed by atoms with van der Waals surface area (Å²) in [6.45, 7) is 0. The zero-order valence-electron chi connectivity index (χ0n) is 10.8. The van der Waals surface area contributed by atoms with E-state index in [4.69, 9.17) is 0 Å². The van der Waals surface area contributed by atoms with E-state index in [-0.39, 0.29) is 11.2 Å². The molecular formula is C15H9N3O3.